The zero-order valence-electron chi connectivity index (χ0n) is 10.0. The average Bonchev–Trinajstić information content (AvgIpc) is 2.83. The van der Waals surface area contributed by atoms with Crippen molar-refractivity contribution in [1.29, 1.82) is 0 Å². The third-order valence-electron chi connectivity index (χ3n) is 3.00. The summed E-state index contributed by atoms with van der Waals surface area (Å²) in [4.78, 5) is 24.8. The molecule has 0 unspecified atom stereocenters. The van der Waals surface area contributed by atoms with Crippen molar-refractivity contribution < 1.29 is 24.2 Å². The summed E-state index contributed by atoms with van der Waals surface area (Å²) in [6.45, 7) is 4.57. The Balaban J connectivity index is 2.12. The molecular formula is C11H17NO5. The molecule has 0 radical (unpaired) electrons. The lowest BCUT2D eigenvalue weighted by Crippen LogP contribution is -2.45. The second-order valence-electron chi connectivity index (χ2n) is 4.85. The Morgan fingerprint density at radius 3 is 2.24 bits per heavy atom. The molecule has 0 spiro atoms. The van der Waals surface area contributed by atoms with Gasteiger partial charge in [0.2, 0.25) is 0 Å². The Labute approximate surface area is 99.5 Å². The highest BCUT2D eigenvalue weighted by Crippen LogP contribution is 2.30. The van der Waals surface area contributed by atoms with Crippen LogP contribution in [0, 0.1) is 0 Å². The highest BCUT2D eigenvalue weighted by Gasteiger charge is 2.50. The second kappa shape index (κ2) is 4.27. The van der Waals surface area contributed by atoms with Crippen molar-refractivity contribution in [3.63, 3.8) is 0 Å². The zero-order valence-corrected chi connectivity index (χ0v) is 10.0. The van der Waals surface area contributed by atoms with Crippen LogP contribution in [0.5, 0.6) is 0 Å². The first-order valence-electron chi connectivity index (χ1n) is 5.78. The Morgan fingerprint density at radius 2 is 1.71 bits per heavy atom. The van der Waals surface area contributed by atoms with Crippen LogP contribution < -0.4 is 0 Å². The highest BCUT2D eigenvalue weighted by molar-refractivity contribution is 5.88. The third kappa shape index (κ3) is 2.42. The van der Waals surface area contributed by atoms with E-state index in [1.807, 2.05) is 0 Å². The van der Waals surface area contributed by atoms with Gasteiger partial charge in [0.25, 0.3) is 5.91 Å². The van der Waals surface area contributed by atoms with Crippen LogP contribution in [0.3, 0.4) is 0 Å². The van der Waals surface area contributed by atoms with Gasteiger partial charge < -0.3 is 19.5 Å². The van der Waals surface area contributed by atoms with Crippen LogP contribution in [0.1, 0.15) is 26.7 Å². The fourth-order valence-corrected chi connectivity index (χ4v) is 2.24. The molecule has 0 aromatic carbocycles. The van der Waals surface area contributed by atoms with Crippen LogP contribution in [-0.4, -0.2) is 53.0 Å². The topological polar surface area (TPSA) is 76.1 Å². The van der Waals surface area contributed by atoms with Crippen molar-refractivity contribution >= 4 is 11.9 Å². The number of carboxylic acid groups (broad SMARTS) is 1. The van der Waals surface area contributed by atoms with E-state index in [4.69, 9.17) is 14.6 Å². The normalized spacial score (nSPS) is 31.8. The average molecular weight is 243 g/mol. The standard InChI is InChI=1S/C11H17NO5/c1-11(2)16-7(8(17-11)10(14)15)9(13)12-5-3-4-6-12/h7-8H,3-6H2,1-2H3,(H,14,15)/t7-,8-/m1/s1. The maximum atomic E-state index is 12.1. The molecule has 6 heteroatoms. The SMILES string of the molecule is CC1(C)O[C@@H](C(=O)O)[C@H](C(=O)N2CCCC2)O1. The molecule has 2 atom stereocenters. The molecule has 0 bridgehead atoms. The van der Waals surface area contributed by atoms with Crippen molar-refractivity contribution in [3.8, 4) is 0 Å². The Bertz CT molecular complexity index is 335. The molecule has 2 fully saturated rings. The van der Waals surface area contributed by atoms with E-state index in [1.54, 1.807) is 18.7 Å². The number of hydrogen-bond donors (Lipinski definition) is 1. The van der Waals surface area contributed by atoms with Gasteiger partial charge in [-0.15, -0.1) is 0 Å². The van der Waals surface area contributed by atoms with Crippen molar-refractivity contribution in [3.05, 3.63) is 0 Å². The number of likely N-dealkylation sites (tertiary alicyclic amines) is 1. The van der Waals surface area contributed by atoms with Gasteiger partial charge >= 0.3 is 5.97 Å². The predicted octanol–water partition coefficient (Wildman–Crippen LogP) is 0.213. The molecule has 96 valence electrons. The molecule has 17 heavy (non-hydrogen) atoms. The first-order chi connectivity index (χ1) is 7.91. The Kier molecular flexibility index (Phi) is 3.09. The smallest absolute Gasteiger partial charge is 0.336 e. The maximum absolute atomic E-state index is 12.1. The van der Waals surface area contributed by atoms with Crippen molar-refractivity contribution in [2.24, 2.45) is 0 Å². The van der Waals surface area contributed by atoms with E-state index in [1.165, 1.54) is 0 Å². The van der Waals surface area contributed by atoms with E-state index in [0.29, 0.717) is 13.1 Å². The molecule has 0 aromatic heterocycles. The van der Waals surface area contributed by atoms with Gasteiger partial charge in [0, 0.05) is 13.1 Å². The van der Waals surface area contributed by atoms with E-state index in [9.17, 15) is 9.59 Å². The number of rotatable bonds is 2. The lowest BCUT2D eigenvalue weighted by atomic mass is 10.2. The van der Waals surface area contributed by atoms with E-state index in [2.05, 4.69) is 0 Å². The minimum Gasteiger partial charge on any atom is -0.479 e. The van der Waals surface area contributed by atoms with Crippen LogP contribution in [0.15, 0.2) is 0 Å². The fraction of sp³-hybridized carbons (Fsp3) is 0.818. The van der Waals surface area contributed by atoms with Gasteiger partial charge in [0.1, 0.15) is 0 Å². The second-order valence-corrected chi connectivity index (χ2v) is 4.85. The molecule has 2 rings (SSSR count). The van der Waals surface area contributed by atoms with Crippen LogP contribution in [0.25, 0.3) is 0 Å². The van der Waals surface area contributed by atoms with Gasteiger partial charge in [-0.2, -0.15) is 0 Å². The largest absolute Gasteiger partial charge is 0.479 e. The van der Waals surface area contributed by atoms with E-state index in [-0.39, 0.29) is 5.91 Å². The molecular weight excluding hydrogens is 226 g/mol. The van der Waals surface area contributed by atoms with Gasteiger partial charge in [-0.3, -0.25) is 4.79 Å². The molecule has 0 aliphatic carbocycles. The maximum Gasteiger partial charge on any atom is 0.336 e. The first kappa shape index (κ1) is 12.3. The summed E-state index contributed by atoms with van der Waals surface area (Å²) in [6, 6.07) is 0. The first-order valence-corrected chi connectivity index (χ1v) is 5.78. The molecule has 2 saturated heterocycles. The van der Waals surface area contributed by atoms with Gasteiger partial charge in [-0.1, -0.05) is 0 Å². The number of carboxylic acids is 1. The Hall–Kier alpha value is -1.14. The van der Waals surface area contributed by atoms with Crippen molar-refractivity contribution in [2.45, 2.75) is 44.7 Å². The van der Waals surface area contributed by atoms with E-state index in [0.717, 1.165) is 12.8 Å². The Morgan fingerprint density at radius 1 is 1.18 bits per heavy atom. The van der Waals surface area contributed by atoms with E-state index >= 15 is 0 Å². The van der Waals surface area contributed by atoms with Crippen LogP contribution in [0.4, 0.5) is 0 Å². The van der Waals surface area contributed by atoms with Crippen LogP contribution in [-0.2, 0) is 19.1 Å². The fourth-order valence-electron chi connectivity index (χ4n) is 2.24. The molecule has 0 aromatic rings. The number of nitrogens with zero attached hydrogens (tertiary/aromatic N) is 1. The lowest BCUT2D eigenvalue weighted by molar-refractivity contribution is -0.167. The number of ether oxygens (including phenoxy) is 2. The predicted molar refractivity (Wildman–Crippen MR) is 57.3 cm³/mol. The number of amides is 1. The number of aliphatic carboxylic acids is 1. The summed E-state index contributed by atoms with van der Waals surface area (Å²) in [7, 11) is 0. The van der Waals surface area contributed by atoms with Crippen molar-refractivity contribution in [2.75, 3.05) is 13.1 Å². The quantitative estimate of drug-likeness (QED) is 0.750. The van der Waals surface area contributed by atoms with Gasteiger partial charge in [0.05, 0.1) is 0 Å². The summed E-state index contributed by atoms with van der Waals surface area (Å²) in [5, 5.41) is 9.03. The minimum atomic E-state index is -1.21. The molecule has 2 heterocycles. The summed E-state index contributed by atoms with van der Waals surface area (Å²) in [5.74, 6) is -2.46. The summed E-state index contributed by atoms with van der Waals surface area (Å²) in [5.41, 5.74) is 0. The van der Waals surface area contributed by atoms with Gasteiger partial charge in [-0.25, -0.2) is 4.79 Å². The summed E-state index contributed by atoms with van der Waals surface area (Å²) < 4.78 is 10.6. The molecule has 1 amide bonds. The van der Waals surface area contributed by atoms with Gasteiger partial charge in [0.15, 0.2) is 18.0 Å². The molecule has 6 nitrogen and oxygen atoms in total. The lowest BCUT2D eigenvalue weighted by Gasteiger charge is -2.21. The van der Waals surface area contributed by atoms with Crippen molar-refractivity contribution in [1.82, 2.24) is 4.90 Å². The monoisotopic (exact) mass is 243 g/mol. The van der Waals surface area contributed by atoms with E-state index < -0.39 is 24.0 Å². The number of hydrogen-bond acceptors (Lipinski definition) is 4. The number of carbonyl (C=O) groups is 2. The van der Waals surface area contributed by atoms with Crippen LogP contribution in [0.2, 0.25) is 0 Å². The minimum absolute atomic E-state index is 0.277. The summed E-state index contributed by atoms with van der Waals surface area (Å²) in [6.07, 6.45) is -0.320. The molecule has 0 saturated carbocycles. The third-order valence-corrected chi connectivity index (χ3v) is 3.00. The molecule has 1 N–H and O–H groups in total. The molecule has 2 aliphatic rings. The van der Waals surface area contributed by atoms with Gasteiger partial charge in [-0.05, 0) is 26.7 Å². The summed E-state index contributed by atoms with van der Waals surface area (Å²) >= 11 is 0. The number of carbonyl (C=O) groups excluding carboxylic acids is 1. The zero-order chi connectivity index (χ0) is 12.6. The molecule has 2 aliphatic heterocycles. The highest BCUT2D eigenvalue weighted by atomic mass is 16.8. The van der Waals surface area contributed by atoms with Crippen LogP contribution >= 0.6 is 0 Å².